The van der Waals surface area contributed by atoms with Crippen LogP contribution >= 0.6 is 7.26 Å². The largest absolute Gasteiger partial charge is 0.673 e. The molecule has 1 saturated heterocycles. The first kappa shape index (κ1) is 49.3. The molecule has 0 N–H and O–H groups in total. The van der Waals surface area contributed by atoms with Gasteiger partial charge in [0.15, 0.2) is 57.7 Å². The van der Waals surface area contributed by atoms with Crippen molar-refractivity contribution in [3.63, 3.8) is 0 Å². The number of hydrogen-bond acceptors (Lipinski definition) is 4. The number of carbonyl (C=O) groups is 1. The number of esters is 1. The van der Waals surface area contributed by atoms with Crippen LogP contribution in [-0.4, -0.2) is 32.7 Å². The van der Waals surface area contributed by atoms with Gasteiger partial charge in [-0.1, -0.05) is 51.8 Å². The number of fused-ring (bicyclic) bond motifs is 1. The minimum absolute atomic E-state index is 0.0506. The zero-order valence-electron chi connectivity index (χ0n) is 36.3. The first-order valence-corrected chi connectivity index (χ1v) is 22.0. The van der Waals surface area contributed by atoms with Crippen LogP contribution in [0.4, 0.5) is 65.9 Å². The summed E-state index contributed by atoms with van der Waals surface area (Å²) in [6.45, 7) is 9.99. The number of rotatable bonds is 9. The summed E-state index contributed by atoms with van der Waals surface area (Å²) in [7, 11) is -2.44. The molecule has 0 spiro atoms. The second-order valence-electron chi connectivity index (χ2n) is 16.9. The van der Waals surface area contributed by atoms with Gasteiger partial charge in [-0.25, -0.2) is 65.9 Å². The zero-order valence-corrected chi connectivity index (χ0v) is 37.2. The smallest absolute Gasteiger partial charge is 0.320 e. The predicted molar refractivity (Wildman–Crippen MR) is 218 cm³/mol. The fourth-order valence-electron chi connectivity index (χ4n) is 10.7. The number of carbonyl (C=O) groups excluding carboxylic acids is 1. The normalized spacial score (nSPS) is 18.5. The van der Waals surface area contributed by atoms with Crippen LogP contribution < -0.4 is 27.0 Å². The Hall–Kier alpha value is -5.65. The summed E-state index contributed by atoms with van der Waals surface area (Å²) in [6, 6.07) is 6.80. The SMILES string of the molecule is COC(=O)[C@]12C[C@H]1CC[P+](c1c(C)cc(C)cc1C)(c1c(C)cc(C)cc1C)/C2=C(\OC)O[B-](c1c(F)c(F)c(F)c(F)c1F)(c1c(F)c(F)c(F)c(F)c1F)c1c(F)c(F)c(F)c(F)c1F. The lowest BCUT2D eigenvalue weighted by Crippen LogP contribution is -2.75. The molecule has 0 bridgehead atoms. The number of aryl methyl sites for hydroxylation is 6. The second-order valence-corrected chi connectivity index (χ2v) is 20.3. The van der Waals surface area contributed by atoms with Crippen molar-refractivity contribution in [1.29, 1.82) is 0 Å². The highest BCUT2D eigenvalue weighted by molar-refractivity contribution is 7.93. The summed E-state index contributed by atoms with van der Waals surface area (Å²) in [5, 5.41) is 0.270. The van der Waals surface area contributed by atoms with E-state index in [1.54, 1.807) is 65.8 Å². The predicted octanol–water partition coefficient (Wildman–Crippen LogP) is 9.67. The lowest BCUT2D eigenvalue weighted by Gasteiger charge is -2.47. The van der Waals surface area contributed by atoms with Crippen LogP contribution in [0.2, 0.25) is 0 Å². The third kappa shape index (κ3) is 6.76. The van der Waals surface area contributed by atoms with Gasteiger partial charge >= 0.3 is 5.97 Å². The maximum Gasteiger partial charge on any atom is 0.320 e. The minimum atomic E-state index is -6.61. The van der Waals surface area contributed by atoms with Crippen LogP contribution in [-0.2, 0) is 18.9 Å². The topological polar surface area (TPSA) is 44.8 Å². The minimum Gasteiger partial charge on any atom is -0.673 e. The van der Waals surface area contributed by atoms with Crippen LogP contribution in [0, 0.1) is 140 Å². The standard InChI is InChI=1S/C46H35BF15O4P/c1-16-11-18(3)41(19(4)12-16)67(42-20(5)13-17(2)14-21(42)6)10-9-22-15-46(22,45(63)65-8)43(67)44(64-7)66-47(23-26(48)32(54)38(60)33(55)27(23)49,24-28(50)34(56)39(61)35(57)29(24)51)25-30(52)36(58)40(62)37(59)31(25)53/h11-14,22H,9-10,15H2,1-8H3/b44-43+/t22-,46-/m1/s1. The van der Waals surface area contributed by atoms with Gasteiger partial charge in [-0.15, -0.1) is 0 Å². The van der Waals surface area contributed by atoms with Gasteiger partial charge < -0.3 is 14.1 Å². The third-order valence-electron chi connectivity index (χ3n) is 12.9. The summed E-state index contributed by atoms with van der Waals surface area (Å²) < 4.78 is 256. The Morgan fingerprint density at radius 1 is 0.507 bits per heavy atom. The van der Waals surface area contributed by atoms with E-state index < -0.39 is 146 Å². The van der Waals surface area contributed by atoms with E-state index >= 15 is 52.7 Å². The lowest BCUT2D eigenvalue weighted by molar-refractivity contribution is -0.146. The van der Waals surface area contributed by atoms with E-state index in [1.165, 1.54) is 0 Å². The maximum atomic E-state index is 16.7. The second kappa shape index (κ2) is 16.8. The first-order valence-electron chi connectivity index (χ1n) is 20.1. The van der Waals surface area contributed by atoms with Crippen molar-refractivity contribution in [2.24, 2.45) is 11.3 Å². The van der Waals surface area contributed by atoms with E-state index in [1.807, 2.05) is 0 Å². The van der Waals surface area contributed by atoms with Gasteiger partial charge in [0.2, 0.25) is 0 Å². The van der Waals surface area contributed by atoms with Crippen molar-refractivity contribution in [3.8, 4) is 0 Å². The molecule has 2 atom stereocenters. The molecule has 5 aromatic carbocycles. The highest BCUT2D eigenvalue weighted by Gasteiger charge is 2.77. The highest BCUT2D eigenvalue weighted by atomic mass is 31.2. The molecule has 0 amide bonds. The molecule has 0 radical (unpaired) electrons. The Morgan fingerprint density at radius 3 is 1.09 bits per heavy atom. The molecule has 1 saturated carbocycles. The van der Waals surface area contributed by atoms with Crippen molar-refractivity contribution < 1.29 is 84.8 Å². The molecule has 1 aliphatic heterocycles. The molecule has 2 fully saturated rings. The van der Waals surface area contributed by atoms with Crippen molar-refractivity contribution >= 4 is 46.6 Å². The van der Waals surface area contributed by atoms with Crippen LogP contribution in [0.1, 0.15) is 46.2 Å². The average Bonchev–Trinajstić information content (AvgIpc) is 4.01. The third-order valence-corrected chi connectivity index (χ3v) is 18.1. The molecule has 4 nitrogen and oxygen atoms in total. The summed E-state index contributed by atoms with van der Waals surface area (Å²) >= 11 is 0. The van der Waals surface area contributed by atoms with Crippen LogP contribution in [0.3, 0.4) is 0 Å². The summed E-state index contributed by atoms with van der Waals surface area (Å²) in [6.07, 6.45) is -6.78. The van der Waals surface area contributed by atoms with E-state index in [4.69, 9.17) is 14.1 Å². The molecular weight excluding hydrogens is 943 g/mol. The Balaban J connectivity index is 1.88. The highest BCUT2D eigenvalue weighted by Crippen LogP contribution is 2.82. The first-order chi connectivity index (χ1) is 31.2. The fraction of sp³-hybridized carbons (Fsp3) is 0.283. The van der Waals surface area contributed by atoms with Gasteiger partial charge in [0, 0.05) is 0 Å². The number of methoxy groups -OCH3 is 2. The number of halogens is 15. The molecule has 5 aromatic rings. The molecule has 1 heterocycles. The van der Waals surface area contributed by atoms with Crippen molar-refractivity contribution in [2.75, 3.05) is 20.4 Å². The van der Waals surface area contributed by atoms with Gasteiger partial charge in [-0.05, 0) is 82.6 Å². The fourth-order valence-corrected chi connectivity index (χ4v) is 16.9. The van der Waals surface area contributed by atoms with Gasteiger partial charge in [-0.2, -0.15) is 0 Å². The summed E-state index contributed by atoms with van der Waals surface area (Å²) in [5.41, 5.74) is -7.85. The molecule has 0 aromatic heterocycles. The summed E-state index contributed by atoms with van der Waals surface area (Å²) in [4.78, 5) is 14.5. The van der Waals surface area contributed by atoms with E-state index in [-0.39, 0.29) is 19.0 Å². The van der Waals surface area contributed by atoms with Crippen molar-refractivity contribution in [1.82, 2.24) is 0 Å². The van der Waals surface area contributed by atoms with Crippen molar-refractivity contribution in [3.05, 3.63) is 156 Å². The Kier molecular flexibility index (Phi) is 12.4. The lowest BCUT2D eigenvalue weighted by atomic mass is 9.27. The van der Waals surface area contributed by atoms with E-state index in [0.29, 0.717) is 51.1 Å². The monoisotopic (exact) mass is 978 g/mol. The van der Waals surface area contributed by atoms with Gasteiger partial charge in [0.1, 0.15) is 58.2 Å². The molecule has 7 rings (SSSR count). The van der Waals surface area contributed by atoms with Gasteiger partial charge in [0.05, 0.1) is 20.4 Å². The van der Waals surface area contributed by atoms with Crippen LogP contribution in [0.5, 0.6) is 0 Å². The Bertz CT molecular complexity index is 2670. The number of ether oxygens (including phenoxy) is 2. The molecule has 1 aliphatic carbocycles. The average molecular weight is 979 g/mol. The van der Waals surface area contributed by atoms with Crippen LogP contribution in [0.25, 0.3) is 0 Å². The molecule has 2 aliphatic rings. The van der Waals surface area contributed by atoms with Gasteiger partial charge in [-0.3, -0.25) is 4.79 Å². The zero-order chi connectivity index (χ0) is 49.9. The number of hydrogen-bond donors (Lipinski definition) is 0. The molecule has 0 unspecified atom stereocenters. The van der Waals surface area contributed by atoms with Crippen LogP contribution in [0.15, 0.2) is 35.5 Å². The Morgan fingerprint density at radius 2 is 0.806 bits per heavy atom. The maximum absolute atomic E-state index is 16.7. The van der Waals surface area contributed by atoms with E-state index in [9.17, 15) is 18.0 Å². The molecule has 21 heteroatoms. The molecular formula is C46H35BF15O4P. The van der Waals surface area contributed by atoms with Gasteiger partial charge in [0.25, 0.3) is 12.3 Å². The molecule has 356 valence electrons. The number of benzene rings is 5. The van der Waals surface area contributed by atoms with E-state index in [0.717, 1.165) is 7.11 Å². The Labute approximate surface area is 373 Å². The van der Waals surface area contributed by atoms with Crippen molar-refractivity contribution in [2.45, 2.75) is 54.4 Å². The molecule has 67 heavy (non-hydrogen) atoms. The van der Waals surface area contributed by atoms with E-state index in [2.05, 4.69) is 0 Å². The quantitative estimate of drug-likeness (QED) is 0.0281. The summed E-state index contributed by atoms with van der Waals surface area (Å²) in [5.74, 6) is -51.4.